The molecule has 1 heterocycles. The maximum Gasteiger partial charge on any atom is 0.216 e. The molecule has 0 atom stereocenters. The van der Waals surface area contributed by atoms with Crippen molar-refractivity contribution in [3.63, 3.8) is 0 Å². The summed E-state index contributed by atoms with van der Waals surface area (Å²) in [6.45, 7) is 8.39. The Morgan fingerprint density at radius 2 is 1.96 bits per heavy atom. The summed E-state index contributed by atoms with van der Waals surface area (Å²) in [6, 6.07) is 6.46. The van der Waals surface area contributed by atoms with E-state index in [-0.39, 0.29) is 29.9 Å². The molecule has 1 aromatic carbocycles. The van der Waals surface area contributed by atoms with E-state index in [2.05, 4.69) is 57.2 Å². The zero-order chi connectivity index (χ0) is 17.4. The Morgan fingerprint density at radius 1 is 1.20 bits per heavy atom. The Hall–Kier alpha value is -1.77. The third kappa shape index (κ3) is 6.93. The lowest BCUT2D eigenvalue weighted by Crippen LogP contribution is -2.41. The molecule has 2 rings (SSSR count). The largest absolute Gasteiger partial charge is 0.361 e. The van der Waals surface area contributed by atoms with Crippen LogP contribution in [0.4, 0.5) is 0 Å². The number of nitrogens with zero attached hydrogens (tertiary/aromatic N) is 1. The van der Waals surface area contributed by atoms with Gasteiger partial charge in [-0.25, -0.2) is 0 Å². The first kappa shape index (κ1) is 21.3. The zero-order valence-electron chi connectivity index (χ0n) is 15.1. The molecule has 6 nitrogen and oxygen atoms in total. The molecule has 0 spiro atoms. The van der Waals surface area contributed by atoms with Gasteiger partial charge in [0.05, 0.1) is 0 Å². The molecule has 4 N–H and O–H groups in total. The number of fused-ring (bicyclic) bond motifs is 1. The molecule has 0 unspecified atom stereocenters. The van der Waals surface area contributed by atoms with Crippen molar-refractivity contribution in [2.45, 2.75) is 27.2 Å². The number of halogens is 1. The van der Waals surface area contributed by atoms with Gasteiger partial charge in [-0.05, 0) is 37.5 Å². The van der Waals surface area contributed by atoms with Gasteiger partial charge in [0.25, 0.3) is 0 Å². The van der Waals surface area contributed by atoms with Crippen LogP contribution in [0.15, 0.2) is 29.4 Å². The molecule has 0 saturated heterocycles. The van der Waals surface area contributed by atoms with Gasteiger partial charge >= 0.3 is 0 Å². The number of H-pyrrole nitrogens is 1. The van der Waals surface area contributed by atoms with Crippen LogP contribution >= 0.6 is 24.0 Å². The molecule has 0 bridgehead atoms. The molecule has 138 valence electrons. The monoisotopic (exact) mass is 457 g/mol. The number of hydrogen-bond donors (Lipinski definition) is 4. The Kier molecular flexibility index (Phi) is 9.33. The number of hydrogen-bond acceptors (Lipinski definition) is 2. The minimum atomic E-state index is -0.0201. The molecule has 0 fully saturated rings. The quantitative estimate of drug-likeness (QED) is 0.223. The first-order valence-electron chi connectivity index (χ1n) is 8.43. The van der Waals surface area contributed by atoms with Crippen molar-refractivity contribution in [2.75, 3.05) is 26.2 Å². The van der Waals surface area contributed by atoms with E-state index in [1.165, 1.54) is 29.0 Å². The molecule has 25 heavy (non-hydrogen) atoms. The van der Waals surface area contributed by atoms with E-state index in [1.807, 2.05) is 6.92 Å². The first-order chi connectivity index (χ1) is 11.6. The first-order valence-corrected chi connectivity index (χ1v) is 8.43. The Labute approximate surface area is 166 Å². The van der Waals surface area contributed by atoms with Crippen molar-refractivity contribution in [1.29, 1.82) is 0 Å². The van der Waals surface area contributed by atoms with Crippen LogP contribution in [0.5, 0.6) is 0 Å². The lowest BCUT2D eigenvalue weighted by atomic mass is 10.1. The summed E-state index contributed by atoms with van der Waals surface area (Å²) in [7, 11) is 0. The van der Waals surface area contributed by atoms with Gasteiger partial charge < -0.3 is 20.9 Å². The molecular weight excluding hydrogens is 429 g/mol. The average Bonchev–Trinajstić information content (AvgIpc) is 2.93. The van der Waals surface area contributed by atoms with Gasteiger partial charge in [0, 0.05) is 50.2 Å². The highest BCUT2D eigenvalue weighted by molar-refractivity contribution is 14.0. The van der Waals surface area contributed by atoms with E-state index in [1.54, 1.807) is 0 Å². The second kappa shape index (κ2) is 11.0. The van der Waals surface area contributed by atoms with Crippen LogP contribution in [-0.2, 0) is 11.2 Å². The molecular formula is C18H28IN5O. The summed E-state index contributed by atoms with van der Waals surface area (Å²) < 4.78 is 0. The predicted octanol–water partition coefficient (Wildman–Crippen LogP) is 2.33. The topological polar surface area (TPSA) is 81.3 Å². The van der Waals surface area contributed by atoms with Crippen LogP contribution < -0.4 is 16.0 Å². The maximum absolute atomic E-state index is 10.9. The number of guanidine groups is 1. The fourth-order valence-corrected chi connectivity index (χ4v) is 2.56. The smallest absolute Gasteiger partial charge is 0.216 e. The van der Waals surface area contributed by atoms with E-state index >= 15 is 0 Å². The van der Waals surface area contributed by atoms with Gasteiger partial charge in [-0.3, -0.25) is 9.79 Å². The Morgan fingerprint density at radius 3 is 2.68 bits per heavy atom. The third-order valence-electron chi connectivity index (χ3n) is 3.71. The average molecular weight is 457 g/mol. The molecule has 7 heteroatoms. The summed E-state index contributed by atoms with van der Waals surface area (Å²) in [6.07, 6.45) is 2.95. The lowest BCUT2D eigenvalue weighted by Gasteiger charge is -2.11. The van der Waals surface area contributed by atoms with E-state index < -0.39 is 0 Å². The SMILES string of the molecule is CCNC(=NCCc1c[nH]c2cc(C)ccc12)NCCNC(C)=O.I. The van der Waals surface area contributed by atoms with Gasteiger partial charge in [-0.1, -0.05) is 12.1 Å². The highest BCUT2D eigenvalue weighted by Gasteiger charge is 2.04. The molecule has 0 aliphatic carbocycles. The number of aromatic nitrogens is 1. The van der Waals surface area contributed by atoms with Crippen molar-refractivity contribution in [3.05, 3.63) is 35.5 Å². The Bertz CT molecular complexity index is 711. The minimum absolute atomic E-state index is 0. The number of aryl methyl sites for hydroxylation is 1. The van der Waals surface area contributed by atoms with Crippen LogP contribution in [0, 0.1) is 6.92 Å². The molecule has 0 saturated carbocycles. The fraction of sp³-hybridized carbons (Fsp3) is 0.444. The number of amides is 1. The molecule has 2 aromatic rings. The number of carbonyl (C=O) groups excluding carboxylic acids is 1. The van der Waals surface area contributed by atoms with Crippen LogP contribution in [-0.4, -0.2) is 43.0 Å². The van der Waals surface area contributed by atoms with E-state index in [0.29, 0.717) is 19.6 Å². The van der Waals surface area contributed by atoms with Crippen LogP contribution in [0.2, 0.25) is 0 Å². The summed E-state index contributed by atoms with van der Waals surface area (Å²) in [5, 5.41) is 10.5. The normalized spacial score (nSPS) is 11.1. The molecule has 0 radical (unpaired) electrons. The zero-order valence-corrected chi connectivity index (χ0v) is 17.4. The van der Waals surface area contributed by atoms with Crippen molar-refractivity contribution in [3.8, 4) is 0 Å². The van der Waals surface area contributed by atoms with Crippen molar-refractivity contribution >= 4 is 46.7 Å². The summed E-state index contributed by atoms with van der Waals surface area (Å²) in [4.78, 5) is 18.8. The Balaban J connectivity index is 0.00000312. The van der Waals surface area contributed by atoms with Crippen molar-refractivity contribution < 1.29 is 4.79 Å². The van der Waals surface area contributed by atoms with E-state index in [9.17, 15) is 4.79 Å². The highest BCUT2D eigenvalue weighted by Crippen LogP contribution is 2.19. The lowest BCUT2D eigenvalue weighted by molar-refractivity contribution is -0.118. The molecule has 1 amide bonds. The van der Waals surface area contributed by atoms with Gasteiger partial charge in [0.2, 0.25) is 5.91 Å². The minimum Gasteiger partial charge on any atom is -0.361 e. The van der Waals surface area contributed by atoms with Crippen LogP contribution in [0.1, 0.15) is 25.0 Å². The fourth-order valence-electron chi connectivity index (χ4n) is 2.56. The van der Waals surface area contributed by atoms with E-state index in [0.717, 1.165) is 18.9 Å². The second-order valence-electron chi connectivity index (χ2n) is 5.78. The second-order valence-corrected chi connectivity index (χ2v) is 5.78. The number of aliphatic imine (C=N–C) groups is 1. The molecule has 1 aromatic heterocycles. The number of carbonyl (C=O) groups is 1. The summed E-state index contributed by atoms with van der Waals surface area (Å²) >= 11 is 0. The number of rotatable bonds is 7. The van der Waals surface area contributed by atoms with Gasteiger partial charge in [0.15, 0.2) is 5.96 Å². The predicted molar refractivity (Wildman–Crippen MR) is 115 cm³/mol. The molecule has 0 aliphatic rings. The van der Waals surface area contributed by atoms with Crippen LogP contribution in [0.3, 0.4) is 0 Å². The standard InChI is InChI=1S/C18H27N5O.HI/c1-4-19-18(22-10-9-20-14(3)24)21-8-7-15-12-23-17-11-13(2)5-6-16(15)17;/h5-6,11-12,23H,4,7-10H2,1-3H3,(H,20,24)(H2,19,21,22);1H. The summed E-state index contributed by atoms with van der Waals surface area (Å²) in [5.41, 5.74) is 3.71. The highest BCUT2D eigenvalue weighted by atomic mass is 127. The maximum atomic E-state index is 10.9. The van der Waals surface area contributed by atoms with Gasteiger partial charge in [-0.2, -0.15) is 0 Å². The van der Waals surface area contributed by atoms with Crippen LogP contribution in [0.25, 0.3) is 10.9 Å². The number of aromatic amines is 1. The number of benzene rings is 1. The summed E-state index contributed by atoms with van der Waals surface area (Å²) in [5.74, 6) is 0.756. The van der Waals surface area contributed by atoms with E-state index in [4.69, 9.17) is 0 Å². The third-order valence-corrected chi connectivity index (χ3v) is 3.71. The molecule has 0 aliphatic heterocycles. The number of nitrogens with one attached hydrogen (secondary N) is 4. The van der Waals surface area contributed by atoms with Gasteiger partial charge in [0.1, 0.15) is 0 Å². The van der Waals surface area contributed by atoms with Crippen molar-refractivity contribution in [1.82, 2.24) is 20.9 Å². The van der Waals surface area contributed by atoms with Crippen molar-refractivity contribution in [2.24, 2.45) is 4.99 Å². The van der Waals surface area contributed by atoms with Gasteiger partial charge in [-0.15, -0.1) is 24.0 Å².